The Morgan fingerprint density at radius 2 is 1.50 bits per heavy atom. The smallest absolute Gasteiger partial charge is 0.145 e. The summed E-state index contributed by atoms with van der Waals surface area (Å²) in [5.74, 6) is 0. The number of rotatable bonds is 5. The highest BCUT2D eigenvalue weighted by Gasteiger charge is 2.26. The first kappa shape index (κ1) is 16.5. The van der Waals surface area contributed by atoms with Crippen molar-refractivity contribution in [1.29, 1.82) is 0 Å². The van der Waals surface area contributed by atoms with Gasteiger partial charge in [-0.1, -0.05) is 6.55 Å². The minimum atomic E-state index is -0.0139. The van der Waals surface area contributed by atoms with Gasteiger partial charge in [-0.2, -0.15) is 0 Å². The van der Waals surface area contributed by atoms with Gasteiger partial charge in [-0.3, -0.25) is 0 Å². The quantitative estimate of drug-likeness (QED) is 0.401. The summed E-state index contributed by atoms with van der Waals surface area (Å²) in [7, 11) is 3.49. The predicted molar refractivity (Wildman–Crippen MR) is 72.7 cm³/mol. The van der Waals surface area contributed by atoms with Gasteiger partial charge in [0.25, 0.3) is 0 Å². The maximum absolute atomic E-state index is 5.23. The Balaban J connectivity index is 0.000000275. The van der Waals surface area contributed by atoms with E-state index in [1.807, 2.05) is 0 Å². The van der Waals surface area contributed by atoms with Crippen molar-refractivity contribution in [1.82, 2.24) is 0 Å². The molecule has 0 N–H and O–H groups in total. The van der Waals surface area contributed by atoms with E-state index in [2.05, 4.69) is 11.0 Å². The van der Waals surface area contributed by atoms with Gasteiger partial charge in [-0.25, -0.2) is 0 Å². The SMILES string of the molecule is C(OCC1CO1)C1CO1.CO[SiH3].C[SiH2]O[SiH3]. The Labute approximate surface area is 106 Å². The van der Waals surface area contributed by atoms with Crippen LogP contribution in [0.5, 0.6) is 0 Å². The lowest BCUT2D eigenvalue weighted by Gasteiger charge is -1.95. The Morgan fingerprint density at radius 1 is 1.19 bits per heavy atom. The van der Waals surface area contributed by atoms with Gasteiger partial charge in [0.05, 0.1) is 26.4 Å². The summed E-state index contributed by atoms with van der Waals surface area (Å²) in [4.78, 5) is 0. The molecule has 2 aliphatic heterocycles. The fourth-order valence-electron chi connectivity index (χ4n) is 0.659. The molecule has 2 saturated heterocycles. The summed E-state index contributed by atoms with van der Waals surface area (Å²) in [5.41, 5.74) is 0. The highest BCUT2D eigenvalue weighted by molar-refractivity contribution is 6.32. The van der Waals surface area contributed by atoms with E-state index >= 15 is 0 Å². The standard InChI is InChI=1S/C6H10O3.CH8OSi2.CH6OSi/c1(5-3-8-5)7-2-6-4-9-6;1-4-2-3;1-2-3/h5-6H,1-4H2;4H2,1,3H3;1,3H3. The maximum Gasteiger partial charge on any atom is 0.145 e. The summed E-state index contributed by atoms with van der Waals surface area (Å²) in [6.45, 7) is 5.39. The van der Waals surface area contributed by atoms with Crippen LogP contribution in [0, 0.1) is 0 Å². The molecule has 2 rings (SSSR count). The van der Waals surface area contributed by atoms with Crippen LogP contribution in [0.1, 0.15) is 0 Å². The molecule has 0 amide bonds. The number of hydrogen-bond acceptors (Lipinski definition) is 5. The first-order valence-corrected chi connectivity index (χ1v) is 9.10. The molecule has 2 fully saturated rings. The van der Waals surface area contributed by atoms with Crippen LogP contribution in [0.25, 0.3) is 0 Å². The van der Waals surface area contributed by atoms with Gasteiger partial charge >= 0.3 is 0 Å². The van der Waals surface area contributed by atoms with Crippen molar-refractivity contribution in [2.45, 2.75) is 18.8 Å². The number of ether oxygens (including phenoxy) is 3. The lowest BCUT2D eigenvalue weighted by atomic mass is 10.5. The number of hydrogen-bond donors (Lipinski definition) is 0. The zero-order valence-electron chi connectivity index (χ0n) is 10.7. The zero-order chi connectivity index (χ0) is 12.2. The van der Waals surface area contributed by atoms with Gasteiger partial charge < -0.3 is 22.8 Å². The molecule has 5 nitrogen and oxygen atoms in total. The largest absolute Gasteiger partial charge is 0.468 e. The first-order valence-electron chi connectivity index (χ1n) is 5.48. The third-order valence-electron chi connectivity index (χ3n) is 1.70. The molecule has 0 spiro atoms. The Hall–Kier alpha value is 0.451. The van der Waals surface area contributed by atoms with Gasteiger partial charge in [0.2, 0.25) is 0 Å². The summed E-state index contributed by atoms with van der Waals surface area (Å²) < 4.78 is 24.3. The molecule has 0 aromatic rings. The van der Waals surface area contributed by atoms with Crippen LogP contribution < -0.4 is 0 Å². The molecular formula is C8H24O5Si3. The van der Waals surface area contributed by atoms with Gasteiger partial charge in [-0.15, -0.1) is 0 Å². The zero-order valence-corrected chi connectivity index (χ0v) is 16.1. The molecule has 0 aromatic heterocycles. The van der Waals surface area contributed by atoms with Crippen molar-refractivity contribution in [2.75, 3.05) is 33.5 Å². The van der Waals surface area contributed by atoms with Crippen LogP contribution in [-0.2, 0) is 22.8 Å². The molecular weight excluding hydrogens is 260 g/mol. The van der Waals surface area contributed by atoms with E-state index in [1.165, 1.54) is 0 Å². The van der Waals surface area contributed by atoms with Crippen LogP contribution >= 0.6 is 0 Å². The molecule has 8 heteroatoms. The van der Waals surface area contributed by atoms with Crippen LogP contribution in [0.4, 0.5) is 0 Å². The summed E-state index contributed by atoms with van der Waals surface area (Å²) >= 11 is 0. The van der Waals surface area contributed by atoms with Gasteiger partial charge in [0.1, 0.15) is 42.9 Å². The van der Waals surface area contributed by atoms with E-state index in [4.69, 9.17) is 18.3 Å². The lowest BCUT2D eigenvalue weighted by molar-refractivity contribution is 0.102. The van der Waals surface area contributed by atoms with Crippen molar-refractivity contribution in [3.63, 3.8) is 0 Å². The summed E-state index contributed by atoms with van der Waals surface area (Å²) in [6, 6.07) is 0. The van der Waals surface area contributed by atoms with E-state index in [9.17, 15) is 0 Å². The molecule has 0 saturated carbocycles. The third kappa shape index (κ3) is 14.5. The summed E-state index contributed by atoms with van der Waals surface area (Å²) in [6.07, 6.45) is 0.785. The van der Waals surface area contributed by atoms with E-state index in [-0.39, 0.29) is 9.76 Å². The first-order chi connectivity index (χ1) is 7.78. The van der Waals surface area contributed by atoms with E-state index in [0.29, 0.717) is 12.2 Å². The lowest BCUT2D eigenvalue weighted by Crippen LogP contribution is -2.06. The summed E-state index contributed by atoms with van der Waals surface area (Å²) in [5, 5.41) is 0. The van der Waals surface area contributed by atoms with Crippen LogP contribution in [0.2, 0.25) is 6.55 Å². The molecule has 98 valence electrons. The Morgan fingerprint density at radius 3 is 1.69 bits per heavy atom. The monoisotopic (exact) mass is 284 g/mol. The molecule has 0 aliphatic carbocycles. The number of epoxide rings is 2. The minimum Gasteiger partial charge on any atom is -0.468 e. The minimum absolute atomic E-state index is 0.0139. The fraction of sp³-hybridized carbons (Fsp3) is 1.00. The van der Waals surface area contributed by atoms with Crippen LogP contribution in [0.3, 0.4) is 0 Å². The average molecular weight is 285 g/mol. The fourth-order valence-corrected chi connectivity index (χ4v) is 0.659. The van der Waals surface area contributed by atoms with Crippen molar-refractivity contribution < 1.29 is 22.8 Å². The Bertz CT molecular complexity index is 130. The second-order valence-electron chi connectivity index (χ2n) is 3.43. The van der Waals surface area contributed by atoms with Crippen molar-refractivity contribution in [2.24, 2.45) is 0 Å². The predicted octanol–water partition coefficient (Wildman–Crippen LogP) is -2.87. The second kappa shape index (κ2) is 11.9. The van der Waals surface area contributed by atoms with E-state index in [1.54, 1.807) is 7.11 Å². The molecule has 2 aliphatic rings. The average Bonchev–Trinajstić information content (AvgIpc) is 3.13. The van der Waals surface area contributed by atoms with Crippen LogP contribution in [-0.4, -0.2) is 76.5 Å². The van der Waals surface area contributed by atoms with Gasteiger partial charge in [0, 0.05) is 7.11 Å². The van der Waals surface area contributed by atoms with E-state index in [0.717, 1.165) is 47.4 Å². The van der Waals surface area contributed by atoms with Gasteiger partial charge in [-0.05, 0) is 0 Å². The highest BCUT2D eigenvalue weighted by atomic mass is 28.3. The topological polar surface area (TPSA) is 52.8 Å². The van der Waals surface area contributed by atoms with Gasteiger partial charge in [0.15, 0.2) is 0 Å². The van der Waals surface area contributed by atoms with Crippen molar-refractivity contribution in [3.05, 3.63) is 0 Å². The van der Waals surface area contributed by atoms with E-state index < -0.39 is 0 Å². The second-order valence-corrected chi connectivity index (χ2v) is 7.14. The maximum atomic E-state index is 5.23. The van der Waals surface area contributed by atoms with Crippen LogP contribution in [0.15, 0.2) is 0 Å². The molecule has 0 radical (unpaired) electrons. The molecule has 2 heterocycles. The molecule has 0 aromatic carbocycles. The van der Waals surface area contributed by atoms with Crippen molar-refractivity contribution in [3.8, 4) is 0 Å². The molecule has 2 atom stereocenters. The molecule has 2 unspecified atom stereocenters. The Kier molecular flexibility index (Phi) is 12.3. The highest BCUT2D eigenvalue weighted by Crippen LogP contribution is 2.12. The normalized spacial score (nSPS) is 25.9. The van der Waals surface area contributed by atoms with Crippen molar-refractivity contribution >= 4 is 30.7 Å². The molecule has 16 heavy (non-hydrogen) atoms. The third-order valence-corrected chi connectivity index (χ3v) is 4.01. The molecule has 0 bridgehead atoms.